The lowest BCUT2D eigenvalue weighted by Gasteiger charge is -2.17. The Morgan fingerprint density at radius 2 is 1.85 bits per heavy atom. The molecule has 2 aromatic carbocycles. The number of ether oxygens (including phenoxy) is 2. The number of rotatable bonds is 5. The summed E-state index contributed by atoms with van der Waals surface area (Å²) < 4.78 is 11.7. The van der Waals surface area contributed by atoms with Gasteiger partial charge in [-0.2, -0.15) is 0 Å². The summed E-state index contributed by atoms with van der Waals surface area (Å²) in [5, 5.41) is 0. The van der Waals surface area contributed by atoms with Crippen LogP contribution < -0.4 is 15.2 Å². The number of nitrogens with two attached hydrogens (primary N) is 1. The molecule has 0 radical (unpaired) electrons. The third-order valence-electron chi connectivity index (χ3n) is 3.24. The second-order valence-electron chi connectivity index (χ2n) is 4.51. The summed E-state index contributed by atoms with van der Waals surface area (Å²) >= 11 is 3.55. The zero-order chi connectivity index (χ0) is 14.5. The highest BCUT2D eigenvalue weighted by molar-refractivity contribution is 9.10. The third kappa shape index (κ3) is 3.32. The van der Waals surface area contributed by atoms with Crippen LogP contribution in [0, 0.1) is 0 Å². The van der Waals surface area contributed by atoms with Gasteiger partial charge in [0.25, 0.3) is 0 Å². The lowest BCUT2D eigenvalue weighted by molar-refractivity contribution is 0.388. The highest BCUT2D eigenvalue weighted by Gasteiger charge is 2.14. The Morgan fingerprint density at radius 1 is 1.10 bits per heavy atom. The standard InChI is InChI=1S/C16H18BrNO2/c1-19-12-7-8-13(16(10-12)20-2)15(18)9-11-5-3-4-6-14(11)17/h3-8,10,15H,9,18H2,1-2H3. The molecule has 0 saturated heterocycles. The highest BCUT2D eigenvalue weighted by atomic mass is 79.9. The molecule has 0 fully saturated rings. The molecule has 1 atom stereocenters. The van der Waals surface area contributed by atoms with Gasteiger partial charge in [-0.3, -0.25) is 0 Å². The maximum absolute atomic E-state index is 6.32. The number of halogens is 1. The van der Waals surface area contributed by atoms with Crippen molar-refractivity contribution in [1.29, 1.82) is 0 Å². The molecule has 2 aromatic rings. The molecule has 2 rings (SSSR count). The van der Waals surface area contributed by atoms with Gasteiger partial charge in [0.15, 0.2) is 0 Å². The van der Waals surface area contributed by atoms with Crippen LogP contribution >= 0.6 is 15.9 Å². The summed E-state index contributed by atoms with van der Waals surface area (Å²) in [6.45, 7) is 0. The lowest BCUT2D eigenvalue weighted by Crippen LogP contribution is -2.14. The molecule has 20 heavy (non-hydrogen) atoms. The predicted molar refractivity (Wildman–Crippen MR) is 84.3 cm³/mol. The van der Waals surface area contributed by atoms with Crippen LogP contribution in [0.4, 0.5) is 0 Å². The van der Waals surface area contributed by atoms with E-state index in [1.165, 1.54) is 5.56 Å². The first kappa shape index (κ1) is 14.9. The largest absolute Gasteiger partial charge is 0.497 e. The average molecular weight is 336 g/mol. The Kier molecular flexibility index (Phi) is 5.04. The summed E-state index contributed by atoms with van der Waals surface area (Å²) in [5.41, 5.74) is 8.48. The zero-order valence-electron chi connectivity index (χ0n) is 11.6. The Hall–Kier alpha value is -1.52. The van der Waals surface area contributed by atoms with E-state index in [9.17, 15) is 0 Å². The van der Waals surface area contributed by atoms with E-state index in [0.717, 1.165) is 28.0 Å². The number of hydrogen-bond acceptors (Lipinski definition) is 3. The second kappa shape index (κ2) is 6.77. The Bertz CT molecular complexity index is 586. The van der Waals surface area contributed by atoms with Crippen molar-refractivity contribution in [2.45, 2.75) is 12.5 Å². The SMILES string of the molecule is COc1ccc(C(N)Cc2ccccc2Br)c(OC)c1. The van der Waals surface area contributed by atoms with Gasteiger partial charge in [-0.05, 0) is 24.1 Å². The van der Waals surface area contributed by atoms with Crippen molar-refractivity contribution >= 4 is 15.9 Å². The van der Waals surface area contributed by atoms with Crippen molar-refractivity contribution in [2.75, 3.05) is 14.2 Å². The summed E-state index contributed by atoms with van der Waals surface area (Å²) in [6.07, 6.45) is 0.740. The molecule has 106 valence electrons. The van der Waals surface area contributed by atoms with Crippen LogP contribution in [-0.4, -0.2) is 14.2 Å². The molecule has 0 aliphatic rings. The van der Waals surface area contributed by atoms with Gasteiger partial charge < -0.3 is 15.2 Å². The molecule has 4 heteroatoms. The van der Waals surface area contributed by atoms with Gasteiger partial charge in [-0.25, -0.2) is 0 Å². The molecule has 0 aliphatic heterocycles. The van der Waals surface area contributed by atoms with Crippen molar-refractivity contribution in [2.24, 2.45) is 5.73 Å². The number of methoxy groups -OCH3 is 2. The molecule has 1 unspecified atom stereocenters. The minimum absolute atomic E-state index is 0.130. The van der Waals surface area contributed by atoms with Crippen LogP contribution in [0.1, 0.15) is 17.2 Å². The van der Waals surface area contributed by atoms with Crippen molar-refractivity contribution in [3.8, 4) is 11.5 Å². The molecular weight excluding hydrogens is 318 g/mol. The van der Waals surface area contributed by atoms with Crippen LogP contribution in [-0.2, 0) is 6.42 Å². The summed E-state index contributed by atoms with van der Waals surface area (Å²) in [7, 11) is 3.28. The summed E-state index contributed by atoms with van der Waals surface area (Å²) in [4.78, 5) is 0. The van der Waals surface area contributed by atoms with Crippen LogP contribution in [0.2, 0.25) is 0 Å². The van der Waals surface area contributed by atoms with Gasteiger partial charge in [0.05, 0.1) is 14.2 Å². The molecule has 0 bridgehead atoms. The van der Waals surface area contributed by atoms with Gasteiger partial charge >= 0.3 is 0 Å². The van der Waals surface area contributed by atoms with E-state index in [2.05, 4.69) is 22.0 Å². The van der Waals surface area contributed by atoms with Gasteiger partial charge in [0.1, 0.15) is 11.5 Å². The van der Waals surface area contributed by atoms with E-state index in [4.69, 9.17) is 15.2 Å². The molecule has 2 N–H and O–H groups in total. The molecule has 0 saturated carbocycles. The van der Waals surface area contributed by atoms with Gasteiger partial charge in [-0.1, -0.05) is 40.2 Å². The van der Waals surface area contributed by atoms with E-state index >= 15 is 0 Å². The summed E-state index contributed by atoms with van der Waals surface area (Å²) in [5.74, 6) is 1.52. The van der Waals surface area contributed by atoms with Crippen molar-refractivity contribution in [3.05, 3.63) is 58.1 Å². The van der Waals surface area contributed by atoms with Gasteiger partial charge in [-0.15, -0.1) is 0 Å². The van der Waals surface area contributed by atoms with Crippen LogP contribution in [0.5, 0.6) is 11.5 Å². The number of benzene rings is 2. The normalized spacial score (nSPS) is 12.0. The van der Waals surface area contributed by atoms with E-state index in [-0.39, 0.29) is 6.04 Å². The topological polar surface area (TPSA) is 44.5 Å². The average Bonchev–Trinajstić information content (AvgIpc) is 2.48. The smallest absolute Gasteiger partial charge is 0.127 e. The molecule has 0 heterocycles. The quantitative estimate of drug-likeness (QED) is 0.905. The van der Waals surface area contributed by atoms with Gasteiger partial charge in [0.2, 0.25) is 0 Å². The highest BCUT2D eigenvalue weighted by Crippen LogP contribution is 2.31. The Labute approximate surface area is 127 Å². The fraction of sp³-hybridized carbons (Fsp3) is 0.250. The number of hydrogen-bond donors (Lipinski definition) is 1. The maximum Gasteiger partial charge on any atom is 0.127 e. The first-order valence-electron chi connectivity index (χ1n) is 6.36. The van der Waals surface area contributed by atoms with Crippen LogP contribution in [0.3, 0.4) is 0 Å². The van der Waals surface area contributed by atoms with E-state index in [1.807, 2.05) is 36.4 Å². The molecule has 0 aliphatic carbocycles. The second-order valence-corrected chi connectivity index (χ2v) is 5.36. The fourth-order valence-corrected chi connectivity index (χ4v) is 2.58. The van der Waals surface area contributed by atoms with Crippen molar-refractivity contribution < 1.29 is 9.47 Å². The molecule has 0 amide bonds. The van der Waals surface area contributed by atoms with Crippen molar-refractivity contribution in [1.82, 2.24) is 0 Å². The first-order valence-corrected chi connectivity index (χ1v) is 7.16. The molecule has 3 nitrogen and oxygen atoms in total. The van der Waals surface area contributed by atoms with E-state index < -0.39 is 0 Å². The van der Waals surface area contributed by atoms with E-state index in [1.54, 1.807) is 14.2 Å². The zero-order valence-corrected chi connectivity index (χ0v) is 13.2. The third-order valence-corrected chi connectivity index (χ3v) is 4.01. The molecular formula is C16H18BrNO2. The van der Waals surface area contributed by atoms with Crippen LogP contribution in [0.15, 0.2) is 46.9 Å². The Morgan fingerprint density at radius 3 is 2.50 bits per heavy atom. The predicted octanol–water partition coefficient (Wildman–Crippen LogP) is 3.71. The van der Waals surface area contributed by atoms with Crippen molar-refractivity contribution in [3.63, 3.8) is 0 Å². The van der Waals surface area contributed by atoms with E-state index in [0.29, 0.717) is 0 Å². The minimum atomic E-state index is -0.130. The monoisotopic (exact) mass is 335 g/mol. The molecule has 0 aromatic heterocycles. The van der Waals surface area contributed by atoms with Gasteiger partial charge in [0, 0.05) is 22.1 Å². The first-order chi connectivity index (χ1) is 9.65. The Balaban J connectivity index is 2.25. The minimum Gasteiger partial charge on any atom is -0.497 e. The fourth-order valence-electron chi connectivity index (χ4n) is 2.14. The lowest BCUT2D eigenvalue weighted by atomic mass is 9.99. The molecule has 0 spiro atoms. The summed E-state index contributed by atoms with van der Waals surface area (Å²) in [6, 6.07) is 13.7. The van der Waals surface area contributed by atoms with Crippen LogP contribution in [0.25, 0.3) is 0 Å². The maximum atomic E-state index is 6.32.